The fourth-order valence-corrected chi connectivity index (χ4v) is 6.18. The summed E-state index contributed by atoms with van der Waals surface area (Å²) in [5, 5.41) is 2.82. The number of benzene rings is 1. The topological polar surface area (TPSA) is 110 Å². The average Bonchev–Trinajstić information content (AvgIpc) is 2.62. The summed E-state index contributed by atoms with van der Waals surface area (Å²) in [5.74, 6) is -4.25. The van der Waals surface area contributed by atoms with Gasteiger partial charge in [0.25, 0.3) is 16.0 Å². The minimum absolute atomic E-state index is 0.0681. The van der Waals surface area contributed by atoms with Gasteiger partial charge in [-0.15, -0.1) is 0 Å². The number of amides is 1. The largest absolute Gasteiger partial charge is 0.451 e. The van der Waals surface area contributed by atoms with E-state index >= 15 is 0 Å². The van der Waals surface area contributed by atoms with Gasteiger partial charge >= 0.3 is 12.1 Å². The number of nitrogens with one attached hydrogen (secondary N) is 1. The number of hydrogen-bond donors (Lipinski definition) is 2. The van der Waals surface area contributed by atoms with Crippen molar-refractivity contribution in [2.75, 3.05) is 5.75 Å². The highest BCUT2D eigenvalue weighted by atomic mass is 127. The summed E-state index contributed by atoms with van der Waals surface area (Å²) >= 11 is 6.26. The van der Waals surface area contributed by atoms with E-state index in [1.54, 1.807) is 6.07 Å². The summed E-state index contributed by atoms with van der Waals surface area (Å²) in [6, 6.07) is 3.18. The molecule has 174 valence electrons. The molecule has 0 aliphatic heterocycles. The van der Waals surface area contributed by atoms with Gasteiger partial charge in [-0.05, 0) is 99.2 Å². The molecule has 31 heavy (non-hydrogen) atoms. The third-order valence-corrected chi connectivity index (χ3v) is 8.96. The van der Waals surface area contributed by atoms with E-state index in [9.17, 15) is 31.2 Å². The molecule has 1 aliphatic carbocycles. The molecule has 1 aromatic rings. The third kappa shape index (κ3) is 8.40. The molecule has 1 saturated carbocycles. The van der Waals surface area contributed by atoms with Crippen molar-refractivity contribution >= 4 is 89.8 Å². The Bertz CT molecular complexity index is 957. The maximum atomic E-state index is 13.0. The van der Waals surface area contributed by atoms with Crippen LogP contribution in [0, 0.1) is 16.6 Å². The van der Waals surface area contributed by atoms with Crippen LogP contribution < -0.4 is 5.32 Å². The lowest BCUT2D eigenvalue weighted by Gasteiger charge is -2.30. The zero-order valence-corrected chi connectivity index (χ0v) is 22.9. The SMILES string of the molecule is O=C(NC1CCCC(C(=O)OC(CS(=O)(=O)O)C(F)(F)F)C1)c1cc(I)cc(I)c1I. The summed E-state index contributed by atoms with van der Waals surface area (Å²) in [6.45, 7) is 0. The van der Waals surface area contributed by atoms with Crippen molar-refractivity contribution in [1.29, 1.82) is 0 Å². The molecule has 7 nitrogen and oxygen atoms in total. The zero-order valence-electron chi connectivity index (χ0n) is 15.6. The van der Waals surface area contributed by atoms with Crippen LogP contribution in [0.3, 0.4) is 0 Å². The minimum atomic E-state index is -5.15. The van der Waals surface area contributed by atoms with Crippen molar-refractivity contribution in [2.45, 2.75) is 44.0 Å². The van der Waals surface area contributed by atoms with Crippen LogP contribution in [0.1, 0.15) is 36.0 Å². The van der Waals surface area contributed by atoms with Crippen LogP contribution in [0.5, 0.6) is 0 Å². The lowest BCUT2D eigenvalue weighted by Crippen LogP contribution is -2.44. The van der Waals surface area contributed by atoms with E-state index in [1.165, 1.54) is 0 Å². The maximum Gasteiger partial charge on any atom is 0.426 e. The van der Waals surface area contributed by atoms with Gasteiger partial charge in [0.05, 0.1) is 11.5 Å². The van der Waals surface area contributed by atoms with Crippen molar-refractivity contribution in [3.05, 3.63) is 28.4 Å². The smallest absolute Gasteiger partial charge is 0.426 e. The average molecular weight is 801 g/mol. The second-order valence-electron chi connectivity index (χ2n) is 7.00. The van der Waals surface area contributed by atoms with Crippen molar-refractivity contribution in [2.24, 2.45) is 5.92 Å². The van der Waals surface area contributed by atoms with Crippen molar-refractivity contribution in [1.82, 2.24) is 5.32 Å². The molecule has 1 aromatic carbocycles. The molecule has 2 rings (SSSR count). The number of rotatable bonds is 6. The molecule has 1 fully saturated rings. The molecule has 1 amide bonds. The molecule has 0 saturated heterocycles. The predicted octanol–water partition coefficient (Wildman–Crippen LogP) is 4.15. The Morgan fingerprint density at radius 2 is 1.87 bits per heavy atom. The van der Waals surface area contributed by atoms with Gasteiger partial charge in [-0.3, -0.25) is 14.1 Å². The Balaban J connectivity index is 2.06. The van der Waals surface area contributed by atoms with Gasteiger partial charge in [0, 0.05) is 16.8 Å². The van der Waals surface area contributed by atoms with E-state index in [4.69, 9.17) is 4.55 Å². The van der Waals surface area contributed by atoms with E-state index in [2.05, 4.69) is 77.8 Å². The van der Waals surface area contributed by atoms with Gasteiger partial charge in [0.1, 0.15) is 5.75 Å². The van der Waals surface area contributed by atoms with Crippen LogP contribution in [0.2, 0.25) is 0 Å². The molecule has 3 unspecified atom stereocenters. The Morgan fingerprint density at radius 3 is 2.45 bits per heavy atom. The van der Waals surface area contributed by atoms with E-state index in [0.29, 0.717) is 18.4 Å². The second-order valence-corrected chi connectivity index (χ2v) is 12.0. The molecule has 0 radical (unpaired) electrons. The number of hydrogen-bond acceptors (Lipinski definition) is 5. The molecule has 1 aliphatic rings. The Morgan fingerprint density at radius 1 is 1.23 bits per heavy atom. The first-order valence-corrected chi connectivity index (χ1v) is 13.7. The zero-order chi connectivity index (χ0) is 23.6. The van der Waals surface area contributed by atoms with E-state index in [1.807, 2.05) is 6.07 Å². The van der Waals surface area contributed by atoms with Crippen molar-refractivity contribution in [3.63, 3.8) is 0 Å². The number of carbonyl (C=O) groups is 2. The lowest BCUT2D eigenvalue weighted by atomic mass is 9.85. The van der Waals surface area contributed by atoms with Crippen LogP contribution in [-0.2, 0) is 19.6 Å². The normalized spacial score (nSPS) is 20.7. The van der Waals surface area contributed by atoms with Crippen LogP contribution >= 0.6 is 67.8 Å². The van der Waals surface area contributed by atoms with Crippen molar-refractivity contribution < 1.29 is 40.5 Å². The van der Waals surface area contributed by atoms with Gasteiger partial charge in [-0.25, -0.2) is 0 Å². The number of halogens is 6. The molecule has 0 spiro atoms. The molecule has 14 heteroatoms. The Hall–Kier alpha value is 0.0500. The number of carbonyl (C=O) groups excluding carboxylic acids is 2. The fraction of sp³-hybridized carbons (Fsp3) is 0.529. The van der Waals surface area contributed by atoms with Crippen LogP contribution in [0.25, 0.3) is 0 Å². The van der Waals surface area contributed by atoms with Crippen molar-refractivity contribution in [3.8, 4) is 0 Å². The van der Waals surface area contributed by atoms with Crippen LogP contribution in [0.4, 0.5) is 13.2 Å². The van der Waals surface area contributed by atoms with Gasteiger partial charge in [0.15, 0.2) is 0 Å². The second kappa shape index (κ2) is 11.0. The lowest BCUT2D eigenvalue weighted by molar-refractivity contribution is -0.218. The summed E-state index contributed by atoms with van der Waals surface area (Å²) < 4.78 is 76.4. The van der Waals surface area contributed by atoms with E-state index in [-0.39, 0.29) is 18.7 Å². The Kier molecular flexibility index (Phi) is 9.67. The first-order chi connectivity index (χ1) is 14.2. The molecule has 0 bridgehead atoms. The van der Waals surface area contributed by atoms with E-state index < -0.39 is 46.1 Å². The number of alkyl halides is 3. The van der Waals surface area contributed by atoms with E-state index in [0.717, 1.165) is 10.7 Å². The number of ether oxygens (including phenoxy) is 1. The Labute approximate surface area is 217 Å². The number of esters is 1. The molecule has 3 atom stereocenters. The first-order valence-electron chi connectivity index (χ1n) is 8.85. The summed E-state index contributed by atoms with van der Waals surface area (Å²) in [4.78, 5) is 25.0. The summed E-state index contributed by atoms with van der Waals surface area (Å²) in [7, 11) is -5.01. The third-order valence-electron chi connectivity index (χ3n) is 4.57. The first kappa shape index (κ1) is 27.3. The highest BCUT2D eigenvalue weighted by Crippen LogP contribution is 2.30. The monoisotopic (exact) mass is 801 g/mol. The van der Waals surface area contributed by atoms with Crippen LogP contribution in [0.15, 0.2) is 12.1 Å². The molecule has 2 N–H and O–H groups in total. The standard InChI is InChI=1S/C17H17F3I3NO6S/c18-17(19,20)13(7-31(27,28)29)30-16(26)8-2-1-3-10(4-8)24-15(25)11-5-9(21)6-12(22)14(11)23/h5-6,8,10,13H,1-4,7H2,(H,24,25)(H,27,28,29). The minimum Gasteiger partial charge on any atom is -0.451 e. The van der Waals surface area contributed by atoms with Gasteiger partial charge in [0.2, 0.25) is 6.10 Å². The molecule has 0 aromatic heterocycles. The molecular weight excluding hydrogens is 784 g/mol. The van der Waals surface area contributed by atoms with Crippen LogP contribution in [-0.4, -0.2) is 48.9 Å². The van der Waals surface area contributed by atoms with Gasteiger partial charge in [-0.1, -0.05) is 6.42 Å². The van der Waals surface area contributed by atoms with Gasteiger partial charge in [-0.2, -0.15) is 21.6 Å². The molecule has 0 heterocycles. The molecular formula is C17H17F3I3NO6S. The predicted molar refractivity (Wildman–Crippen MR) is 130 cm³/mol. The quantitative estimate of drug-likeness (QED) is 0.194. The maximum absolute atomic E-state index is 13.0. The summed E-state index contributed by atoms with van der Waals surface area (Å²) in [5.41, 5.74) is 0.465. The highest BCUT2D eigenvalue weighted by molar-refractivity contribution is 14.1. The highest BCUT2D eigenvalue weighted by Gasteiger charge is 2.46. The summed E-state index contributed by atoms with van der Waals surface area (Å²) in [6.07, 6.45) is -6.77. The van der Waals surface area contributed by atoms with Gasteiger partial charge < -0.3 is 10.1 Å². The fourth-order valence-electron chi connectivity index (χ4n) is 3.14.